The van der Waals surface area contributed by atoms with Crippen molar-refractivity contribution in [3.8, 4) is 5.75 Å². The fourth-order valence-corrected chi connectivity index (χ4v) is 2.55. The molecule has 4 heteroatoms. The molecule has 0 fully saturated rings. The second kappa shape index (κ2) is 10.0. The number of phenolic OH excluding ortho intramolecular Hbond substituents is 1. The molecule has 0 saturated heterocycles. The van der Waals surface area contributed by atoms with E-state index < -0.39 is 0 Å². The van der Waals surface area contributed by atoms with Crippen LogP contribution in [0.3, 0.4) is 0 Å². The second-order valence-electron chi connectivity index (χ2n) is 6.19. The average molecular weight is 328 g/mol. The number of unbranched alkanes of at least 4 members (excludes halogenated alkanes) is 3. The van der Waals surface area contributed by atoms with Crippen molar-refractivity contribution in [2.24, 2.45) is 0 Å². The van der Waals surface area contributed by atoms with Gasteiger partial charge < -0.3 is 9.84 Å². The normalized spacial score (nSPS) is 12.9. The third-order valence-corrected chi connectivity index (χ3v) is 3.98. The molecule has 2 aromatic rings. The molecule has 0 aliphatic heterocycles. The highest BCUT2D eigenvalue weighted by Gasteiger charge is 2.01. The molecule has 0 saturated carbocycles. The highest BCUT2D eigenvalue weighted by Crippen LogP contribution is 2.17. The Kier molecular flexibility index (Phi) is 7.69. The maximum atomic E-state index is 9.45. The van der Waals surface area contributed by atoms with Crippen molar-refractivity contribution in [1.29, 1.82) is 0 Å². The van der Waals surface area contributed by atoms with Crippen LogP contribution in [0.25, 0.3) is 17.0 Å². The minimum atomic E-state index is 0.237. The largest absolute Gasteiger partial charge is 0.508 e. The molecule has 1 atom stereocenters. The number of allylic oxidation sites excluding steroid dienone is 1. The van der Waals surface area contributed by atoms with Crippen LogP contribution in [-0.2, 0) is 4.74 Å². The second-order valence-corrected chi connectivity index (χ2v) is 6.19. The molecular formula is C20H28N2O2. The summed E-state index contributed by atoms with van der Waals surface area (Å²) in [6.07, 6.45) is 13.0. The number of rotatable bonds is 10. The minimum Gasteiger partial charge on any atom is -0.508 e. The van der Waals surface area contributed by atoms with Gasteiger partial charge in [-0.25, -0.2) is 9.97 Å². The highest BCUT2D eigenvalue weighted by molar-refractivity contribution is 5.79. The number of benzene rings is 1. The zero-order chi connectivity index (χ0) is 17.2. The Hall–Kier alpha value is -1.94. The maximum absolute atomic E-state index is 9.45. The molecule has 1 aromatic heterocycles. The molecule has 0 radical (unpaired) electrons. The van der Waals surface area contributed by atoms with Gasteiger partial charge in [0, 0.05) is 18.2 Å². The van der Waals surface area contributed by atoms with Crippen LogP contribution >= 0.6 is 0 Å². The first-order valence-electron chi connectivity index (χ1n) is 8.93. The maximum Gasteiger partial charge on any atom is 0.152 e. The van der Waals surface area contributed by atoms with Gasteiger partial charge in [0.25, 0.3) is 0 Å². The number of ether oxygens (including phenoxy) is 1. The Morgan fingerprint density at radius 1 is 1.25 bits per heavy atom. The van der Waals surface area contributed by atoms with Crippen molar-refractivity contribution in [3.05, 3.63) is 36.3 Å². The molecule has 2 rings (SSSR count). The number of hydrogen-bond donors (Lipinski definition) is 1. The molecule has 24 heavy (non-hydrogen) atoms. The van der Waals surface area contributed by atoms with Gasteiger partial charge in [0.1, 0.15) is 5.75 Å². The van der Waals surface area contributed by atoms with E-state index in [2.05, 4.69) is 29.9 Å². The number of fused-ring (bicyclic) bond motifs is 1. The van der Waals surface area contributed by atoms with E-state index in [9.17, 15) is 5.11 Å². The molecule has 4 nitrogen and oxygen atoms in total. The molecule has 1 unspecified atom stereocenters. The van der Waals surface area contributed by atoms with Crippen LogP contribution in [-0.4, -0.2) is 27.8 Å². The lowest BCUT2D eigenvalue weighted by molar-refractivity contribution is 0.0566. The molecule has 1 N–H and O–H groups in total. The van der Waals surface area contributed by atoms with Crippen LogP contribution in [0.5, 0.6) is 5.75 Å². The Morgan fingerprint density at radius 2 is 2.12 bits per heavy atom. The fraction of sp³-hybridized carbons (Fsp3) is 0.500. The van der Waals surface area contributed by atoms with E-state index in [1.54, 1.807) is 24.4 Å². The first-order valence-corrected chi connectivity index (χ1v) is 8.93. The summed E-state index contributed by atoms with van der Waals surface area (Å²) < 4.78 is 5.80. The first-order chi connectivity index (χ1) is 11.7. The van der Waals surface area contributed by atoms with Crippen LogP contribution in [0.2, 0.25) is 0 Å². The SMILES string of the molecule is CCCCCOC(C)CCCC=Cc1ncc2cc(O)ccc2n1. The lowest BCUT2D eigenvalue weighted by Gasteiger charge is -2.11. The molecule has 0 spiro atoms. The standard InChI is InChI=1S/C20H28N2O2/c1-3-4-8-13-24-16(2)9-6-5-7-10-20-21-15-17-14-18(23)11-12-19(17)22-20/h7,10-12,14-16,23H,3-6,8-9,13H2,1-2H3. The molecule has 0 aliphatic carbocycles. The monoisotopic (exact) mass is 328 g/mol. The van der Waals surface area contributed by atoms with E-state index in [-0.39, 0.29) is 5.75 Å². The first kappa shape index (κ1) is 18.4. The number of phenols is 1. The lowest BCUT2D eigenvalue weighted by Crippen LogP contribution is -2.08. The summed E-state index contributed by atoms with van der Waals surface area (Å²) in [5, 5.41) is 10.3. The summed E-state index contributed by atoms with van der Waals surface area (Å²) in [6.45, 7) is 5.24. The van der Waals surface area contributed by atoms with Crippen LogP contribution in [0.15, 0.2) is 30.5 Å². The van der Waals surface area contributed by atoms with Gasteiger partial charge in [0.15, 0.2) is 5.82 Å². The third-order valence-electron chi connectivity index (χ3n) is 3.98. The molecule has 1 heterocycles. The van der Waals surface area contributed by atoms with Crippen LogP contribution in [0, 0.1) is 0 Å². The van der Waals surface area contributed by atoms with Gasteiger partial charge in [-0.2, -0.15) is 0 Å². The Bertz CT molecular complexity index is 655. The number of nitrogens with zero attached hydrogens (tertiary/aromatic N) is 2. The zero-order valence-electron chi connectivity index (χ0n) is 14.7. The van der Waals surface area contributed by atoms with E-state index in [0.717, 1.165) is 43.2 Å². The average Bonchev–Trinajstić information content (AvgIpc) is 2.58. The van der Waals surface area contributed by atoms with Gasteiger partial charge in [-0.05, 0) is 56.9 Å². The van der Waals surface area contributed by atoms with Crippen molar-refractivity contribution in [2.75, 3.05) is 6.61 Å². The van der Waals surface area contributed by atoms with E-state index in [1.165, 1.54) is 12.8 Å². The van der Waals surface area contributed by atoms with Crippen molar-refractivity contribution < 1.29 is 9.84 Å². The predicted molar refractivity (Wildman–Crippen MR) is 99.0 cm³/mol. The molecule has 130 valence electrons. The van der Waals surface area contributed by atoms with E-state index in [1.807, 2.05) is 6.08 Å². The molecule has 0 bridgehead atoms. The lowest BCUT2D eigenvalue weighted by atomic mass is 10.1. The number of hydrogen-bond acceptors (Lipinski definition) is 4. The highest BCUT2D eigenvalue weighted by atomic mass is 16.5. The summed E-state index contributed by atoms with van der Waals surface area (Å²) in [4.78, 5) is 8.78. The van der Waals surface area contributed by atoms with Gasteiger partial charge in [-0.15, -0.1) is 0 Å². The van der Waals surface area contributed by atoms with Crippen LogP contribution < -0.4 is 0 Å². The summed E-state index contributed by atoms with van der Waals surface area (Å²) in [5.41, 5.74) is 0.844. The predicted octanol–water partition coefficient (Wildman–Crippen LogP) is 5.11. The fourth-order valence-electron chi connectivity index (χ4n) is 2.55. The molecular weight excluding hydrogens is 300 g/mol. The van der Waals surface area contributed by atoms with Gasteiger partial charge in [0.2, 0.25) is 0 Å². The third kappa shape index (κ3) is 6.28. The summed E-state index contributed by atoms with van der Waals surface area (Å²) >= 11 is 0. The molecule has 0 amide bonds. The van der Waals surface area contributed by atoms with Gasteiger partial charge in [-0.3, -0.25) is 0 Å². The zero-order valence-corrected chi connectivity index (χ0v) is 14.7. The van der Waals surface area contributed by atoms with E-state index in [0.29, 0.717) is 11.9 Å². The van der Waals surface area contributed by atoms with Gasteiger partial charge in [-0.1, -0.05) is 25.8 Å². The molecule has 0 aliphatic rings. The van der Waals surface area contributed by atoms with E-state index in [4.69, 9.17) is 4.74 Å². The summed E-state index contributed by atoms with van der Waals surface area (Å²) in [5.74, 6) is 0.942. The summed E-state index contributed by atoms with van der Waals surface area (Å²) in [7, 11) is 0. The quantitative estimate of drug-likeness (QED) is 0.615. The summed E-state index contributed by atoms with van der Waals surface area (Å²) in [6, 6.07) is 5.12. The van der Waals surface area contributed by atoms with Gasteiger partial charge in [0.05, 0.1) is 11.6 Å². The van der Waals surface area contributed by atoms with Crippen molar-refractivity contribution in [2.45, 2.75) is 58.5 Å². The van der Waals surface area contributed by atoms with Crippen LogP contribution in [0.1, 0.15) is 58.2 Å². The van der Waals surface area contributed by atoms with E-state index >= 15 is 0 Å². The number of aromatic hydroxyl groups is 1. The minimum absolute atomic E-state index is 0.237. The number of aromatic nitrogens is 2. The topological polar surface area (TPSA) is 55.2 Å². The van der Waals surface area contributed by atoms with Crippen molar-refractivity contribution in [1.82, 2.24) is 9.97 Å². The van der Waals surface area contributed by atoms with Crippen molar-refractivity contribution in [3.63, 3.8) is 0 Å². The van der Waals surface area contributed by atoms with Crippen molar-refractivity contribution >= 4 is 17.0 Å². The Balaban J connectivity index is 1.71. The smallest absolute Gasteiger partial charge is 0.152 e. The van der Waals surface area contributed by atoms with Crippen LogP contribution in [0.4, 0.5) is 0 Å². The van der Waals surface area contributed by atoms with Gasteiger partial charge >= 0.3 is 0 Å². The Labute approximate surface area is 144 Å². The molecule has 1 aromatic carbocycles. The Morgan fingerprint density at radius 3 is 2.96 bits per heavy atom.